The van der Waals surface area contributed by atoms with Crippen LogP contribution in [0.1, 0.15) is 33.3 Å². The van der Waals surface area contributed by atoms with E-state index in [2.05, 4.69) is 26.1 Å². The summed E-state index contributed by atoms with van der Waals surface area (Å²) >= 11 is 0. The van der Waals surface area contributed by atoms with Crippen molar-refractivity contribution < 1.29 is 9.90 Å². The SMILES string of the molecule is CCn1c(=O)n(CC(=O)Nc2cc(C(C)(C)C)ccc2O)c2ccccc21. The molecule has 0 spiro atoms. The summed E-state index contributed by atoms with van der Waals surface area (Å²) in [4.78, 5) is 25.3. The first-order valence-corrected chi connectivity index (χ1v) is 9.03. The molecule has 27 heavy (non-hydrogen) atoms. The smallest absolute Gasteiger partial charge is 0.329 e. The molecule has 6 heteroatoms. The van der Waals surface area contributed by atoms with Crippen molar-refractivity contribution in [2.75, 3.05) is 5.32 Å². The Kier molecular flexibility index (Phi) is 4.83. The second kappa shape index (κ2) is 6.95. The van der Waals surface area contributed by atoms with Crippen molar-refractivity contribution in [2.24, 2.45) is 0 Å². The minimum absolute atomic E-state index is 0.000293. The van der Waals surface area contributed by atoms with Crippen molar-refractivity contribution in [3.05, 3.63) is 58.5 Å². The number of carbonyl (C=O) groups is 1. The minimum Gasteiger partial charge on any atom is -0.506 e. The molecule has 0 aliphatic heterocycles. The van der Waals surface area contributed by atoms with Crippen LogP contribution in [0.5, 0.6) is 5.75 Å². The third-order valence-electron chi connectivity index (χ3n) is 4.68. The van der Waals surface area contributed by atoms with Crippen LogP contribution in [-0.2, 0) is 23.3 Å². The zero-order chi connectivity index (χ0) is 19.8. The number of rotatable bonds is 4. The summed E-state index contributed by atoms with van der Waals surface area (Å²) in [5.41, 5.74) is 2.53. The maximum Gasteiger partial charge on any atom is 0.329 e. The number of benzene rings is 2. The highest BCUT2D eigenvalue weighted by atomic mass is 16.3. The molecule has 1 aromatic heterocycles. The molecule has 142 valence electrons. The molecule has 1 amide bonds. The second-order valence-corrected chi connectivity index (χ2v) is 7.63. The summed E-state index contributed by atoms with van der Waals surface area (Å²) in [6.07, 6.45) is 0. The van der Waals surface area contributed by atoms with Gasteiger partial charge in [-0.15, -0.1) is 0 Å². The molecule has 0 bridgehead atoms. The number of aromatic hydroxyl groups is 1. The largest absolute Gasteiger partial charge is 0.506 e. The molecule has 0 aliphatic rings. The summed E-state index contributed by atoms with van der Waals surface area (Å²) in [5, 5.41) is 12.8. The molecule has 0 aliphatic carbocycles. The van der Waals surface area contributed by atoms with E-state index in [-0.39, 0.29) is 29.3 Å². The molecule has 0 atom stereocenters. The molecular formula is C21H25N3O3. The summed E-state index contributed by atoms with van der Waals surface area (Å²) in [6.45, 7) is 8.49. The first kappa shape index (κ1) is 18.8. The fourth-order valence-electron chi connectivity index (χ4n) is 3.17. The zero-order valence-electron chi connectivity index (χ0n) is 16.1. The topological polar surface area (TPSA) is 76.3 Å². The van der Waals surface area contributed by atoms with Gasteiger partial charge in [-0.3, -0.25) is 13.9 Å². The average molecular weight is 367 g/mol. The van der Waals surface area contributed by atoms with Gasteiger partial charge in [-0.1, -0.05) is 39.0 Å². The number of amides is 1. The van der Waals surface area contributed by atoms with Gasteiger partial charge in [0, 0.05) is 6.54 Å². The molecule has 0 saturated heterocycles. The van der Waals surface area contributed by atoms with E-state index in [0.29, 0.717) is 17.7 Å². The number of carbonyl (C=O) groups excluding carboxylic acids is 1. The fourth-order valence-corrected chi connectivity index (χ4v) is 3.17. The van der Waals surface area contributed by atoms with Crippen molar-refractivity contribution in [2.45, 2.75) is 46.2 Å². The fraction of sp³-hybridized carbons (Fsp3) is 0.333. The van der Waals surface area contributed by atoms with E-state index in [9.17, 15) is 14.7 Å². The Bertz CT molecular complexity index is 1050. The van der Waals surface area contributed by atoms with Gasteiger partial charge in [-0.2, -0.15) is 0 Å². The Labute approximate surface area is 158 Å². The lowest BCUT2D eigenvalue weighted by atomic mass is 9.87. The van der Waals surface area contributed by atoms with Crippen molar-refractivity contribution in [3.63, 3.8) is 0 Å². The number of phenols is 1. The van der Waals surface area contributed by atoms with E-state index in [1.165, 1.54) is 4.57 Å². The van der Waals surface area contributed by atoms with Crippen LogP contribution < -0.4 is 11.0 Å². The lowest BCUT2D eigenvalue weighted by Crippen LogP contribution is -2.29. The van der Waals surface area contributed by atoms with E-state index < -0.39 is 0 Å². The Morgan fingerprint density at radius 2 is 1.70 bits per heavy atom. The number of aryl methyl sites for hydroxylation is 1. The summed E-state index contributed by atoms with van der Waals surface area (Å²) in [6, 6.07) is 12.6. The lowest BCUT2D eigenvalue weighted by molar-refractivity contribution is -0.116. The molecule has 0 unspecified atom stereocenters. The molecule has 0 fully saturated rings. The molecule has 6 nitrogen and oxygen atoms in total. The maximum absolute atomic E-state index is 12.7. The number of fused-ring (bicyclic) bond motifs is 1. The van der Waals surface area contributed by atoms with Gasteiger partial charge in [0.05, 0.1) is 16.7 Å². The Balaban J connectivity index is 1.91. The first-order chi connectivity index (χ1) is 12.7. The van der Waals surface area contributed by atoms with Crippen LogP contribution in [0.15, 0.2) is 47.3 Å². The average Bonchev–Trinajstić information content (AvgIpc) is 2.87. The van der Waals surface area contributed by atoms with E-state index in [4.69, 9.17) is 0 Å². The highest BCUT2D eigenvalue weighted by Gasteiger charge is 2.18. The third kappa shape index (κ3) is 3.60. The maximum atomic E-state index is 12.7. The van der Waals surface area contributed by atoms with Gasteiger partial charge >= 0.3 is 5.69 Å². The van der Waals surface area contributed by atoms with Gasteiger partial charge in [-0.25, -0.2) is 4.79 Å². The van der Waals surface area contributed by atoms with E-state index in [0.717, 1.165) is 11.1 Å². The second-order valence-electron chi connectivity index (χ2n) is 7.63. The molecule has 3 rings (SSSR count). The van der Waals surface area contributed by atoms with Crippen LogP contribution in [0.25, 0.3) is 11.0 Å². The molecular weight excluding hydrogens is 342 g/mol. The molecule has 1 heterocycles. The van der Waals surface area contributed by atoms with Crippen LogP contribution in [0.4, 0.5) is 5.69 Å². The number of para-hydroxylation sites is 2. The standard InChI is InChI=1S/C21H25N3O3/c1-5-23-16-8-6-7-9-17(16)24(20(23)27)13-19(26)22-15-12-14(21(2,3)4)10-11-18(15)25/h6-12,25H,5,13H2,1-4H3,(H,22,26). The number of aromatic nitrogens is 2. The highest BCUT2D eigenvalue weighted by molar-refractivity contribution is 5.93. The van der Waals surface area contributed by atoms with Crippen molar-refractivity contribution in [1.29, 1.82) is 0 Å². The number of nitrogens with zero attached hydrogens (tertiary/aromatic N) is 2. The summed E-state index contributed by atoms with van der Waals surface area (Å²) in [5.74, 6) is -0.364. The zero-order valence-corrected chi connectivity index (χ0v) is 16.1. The monoisotopic (exact) mass is 367 g/mol. The molecule has 2 N–H and O–H groups in total. The highest BCUT2D eigenvalue weighted by Crippen LogP contribution is 2.30. The Hall–Kier alpha value is -3.02. The molecule has 0 radical (unpaired) electrons. The number of hydrogen-bond acceptors (Lipinski definition) is 3. The van der Waals surface area contributed by atoms with Gasteiger partial charge in [0.1, 0.15) is 12.3 Å². The number of hydrogen-bond donors (Lipinski definition) is 2. The van der Waals surface area contributed by atoms with Gasteiger partial charge < -0.3 is 10.4 Å². The van der Waals surface area contributed by atoms with Crippen LogP contribution in [-0.4, -0.2) is 20.1 Å². The Morgan fingerprint density at radius 3 is 2.30 bits per heavy atom. The number of phenolic OH excluding ortho intramolecular Hbond substituents is 1. The number of imidazole rings is 1. The van der Waals surface area contributed by atoms with Crippen LogP contribution in [0.3, 0.4) is 0 Å². The van der Waals surface area contributed by atoms with E-state index >= 15 is 0 Å². The summed E-state index contributed by atoms with van der Waals surface area (Å²) < 4.78 is 3.10. The lowest BCUT2D eigenvalue weighted by Gasteiger charge is -2.20. The van der Waals surface area contributed by atoms with Gasteiger partial charge in [-0.05, 0) is 42.2 Å². The van der Waals surface area contributed by atoms with Crippen LogP contribution >= 0.6 is 0 Å². The predicted molar refractivity (Wildman–Crippen MR) is 107 cm³/mol. The van der Waals surface area contributed by atoms with Crippen LogP contribution in [0, 0.1) is 0 Å². The number of anilines is 1. The van der Waals surface area contributed by atoms with Crippen molar-refractivity contribution in [1.82, 2.24) is 9.13 Å². The van der Waals surface area contributed by atoms with E-state index in [1.54, 1.807) is 16.7 Å². The molecule has 0 saturated carbocycles. The van der Waals surface area contributed by atoms with Crippen molar-refractivity contribution in [3.8, 4) is 5.75 Å². The normalized spacial score (nSPS) is 11.7. The Morgan fingerprint density at radius 1 is 1.07 bits per heavy atom. The van der Waals surface area contributed by atoms with Gasteiger partial charge in [0.25, 0.3) is 0 Å². The van der Waals surface area contributed by atoms with Crippen molar-refractivity contribution >= 4 is 22.6 Å². The first-order valence-electron chi connectivity index (χ1n) is 9.03. The minimum atomic E-state index is -0.363. The molecule has 3 aromatic rings. The van der Waals surface area contributed by atoms with Gasteiger partial charge in [0.2, 0.25) is 5.91 Å². The number of nitrogens with one attached hydrogen (secondary N) is 1. The van der Waals surface area contributed by atoms with Crippen LogP contribution in [0.2, 0.25) is 0 Å². The molecule has 2 aromatic carbocycles. The quantitative estimate of drug-likeness (QED) is 0.693. The predicted octanol–water partition coefficient (Wildman–Crippen LogP) is 3.46. The third-order valence-corrected chi connectivity index (χ3v) is 4.68. The van der Waals surface area contributed by atoms with E-state index in [1.807, 2.05) is 37.3 Å². The van der Waals surface area contributed by atoms with Gasteiger partial charge in [0.15, 0.2) is 0 Å². The summed E-state index contributed by atoms with van der Waals surface area (Å²) in [7, 11) is 0.